The van der Waals surface area contributed by atoms with Gasteiger partial charge in [0.1, 0.15) is 0 Å². The minimum Gasteiger partial charge on any atom is -0.504 e. The monoisotopic (exact) mass is 281 g/mol. The Labute approximate surface area is 122 Å². The van der Waals surface area contributed by atoms with Gasteiger partial charge in [0.15, 0.2) is 23.1 Å². The Hall–Kier alpha value is -2.82. The number of phenolic OH excluding ortho intramolecular Hbond substituents is 1. The van der Waals surface area contributed by atoms with Gasteiger partial charge in [-0.2, -0.15) is 5.10 Å². The number of hydrogen-bond acceptors (Lipinski definition) is 4. The number of H-pyrrole nitrogens is 1. The van der Waals surface area contributed by atoms with E-state index in [-0.39, 0.29) is 5.75 Å². The quantitative estimate of drug-likeness (QED) is 0.773. The highest BCUT2D eigenvalue weighted by Crippen LogP contribution is 2.30. The molecule has 2 N–H and O–H groups in total. The number of methoxy groups -OCH3 is 1. The van der Waals surface area contributed by atoms with Gasteiger partial charge in [0.25, 0.3) is 0 Å². The van der Waals surface area contributed by atoms with E-state index in [1.54, 1.807) is 18.2 Å². The molecule has 0 saturated heterocycles. The molecule has 0 aliphatic rings. The van der Waals surface area contributed by atoms with Crippen LogP contribution in [0.1, 0.15) is 5.56 Å². The maximum absolute atomic E-state index is 9.62. The van der Waals surface area contributed by atoms with Crippen LogP contribution in [0.3, 0.4) is 0 Å². The normalized spacial score (nSPS) is 10.6. The van der Waals surface area contributed by atoms with Gasteiger partial charge in [-0.3, -0.25) is 5.10 Å². The minimum absolute atomic E-state index is 0.0931. The van der Waals surface area contributed by atoms with E-state index in [9.17, 15) is 5.11 Å². The van der Waals surface area contributed by atoms with Crippen LogP contribution >= 0.6 is 0 Å². The first-order valence-electron chi connectivity index (χ1n) is 6.54. The Bertz CT molecular complexity index is 763. The number of aromatic amines is 1. The van der Waals surface area contributed by atoms with Crippen molar-refractivity contribution in [3.63, 3.8) is 0 Å². The maximum Gasteiger partial charge on any atom is 0.181 e. The van der Waals surface area contributed by atoms with Gasteiger partial charge in [0.2, 0.25) is 0 Å². The number of nitrogens with one attached hydrogen (secondary N) is 1. The van der Waals surface area contributed by atoms with Crippen molar-refractivity contribution in [1.29, 1.82) is 0 Å². The van der Waals surface area contributed by atoms with E-state index in [4.69, 9.17) is 4.74 Å². The third-order valence-electron chi connectivity index (χ3n) is 3.25. The van der Waals surface area contributed by atoms with Gasteiger partial charge in [-0.25, -0.2) is 4.98 Å². The zero-order valence-electron chi connectivity index (χ0n) is 11.8. The number of hydrogen-bond donors (Lipinski definition) is 2. The second-order valence-corrected chi connectivity index (χ2v) is 4.76. The summed E-state index contributed by atoms with van der Waals surface area (Å²) in [4.78, 5) is 4.48. The molecule has 0 aliphatic carbocycles. The minimum atomic E-state index is 0.0931. The average Bonchev–Trinajstić information content (AvgIpc) is 2.98. The fourth-order valence-electron chi connectivity index (χ4n) is 2.05. The molecule has 0 saturated carbocycles. The van der Waals surface area contributed by atoms with Gasteiger partial charge in [-0.15, -0.1) is 0 Å². The van der Waals surface area contributed by atoms with Crippen LogP contribution in [0.25, 0.3) is 22.8 Å². The fourth-order valence-corrected chi connectivity index (χ4v) is 2.05. The molecule has 0 radical (unpaired) electrons. The summed E-state index contributed by atoms with van der Waals surface area (Å²) in [7, 11) is 1.51. The van der Waals surface area contributed by atoms with Crippen LogP contribution in [-0.4, -0.2) is 27.4 Å². The van der Waals surface area contributed by atoms with Crippen molar-refractivity contribution < 1.29 is 9.84 Å². The number of aromatic hydroxyl groups is 1. The molecular weight excluding hydrogens is 266 g/mol. The van der Waals surface area contributed by atoms with Crippen LogP contribution in [0.2, 0.25) is 0 Å². The summed E-state index contributed by atoms with van der Waals surface area (Å²) in [5, 5.41) is 16.8. The summed E-state index contributed by atoms with van der Waals surface area (Å²) in [6, 6.07) is 13.1. The first-order chi connectivity index (χ1) is 10.2. The molecular formula is C16H15N3O2. The molecule has 106 valence electrons. The van der Waals surface area contributed by atoms with Crippen molar-refractivity contribution in [1.82, 2.24) is 15.2 Å². The van der Waals surface area contributed by atoms with Gasteiger partial charge >= 0.3 is 0 Å². The van der Waals surface area contributed by atoms with Gasteiger partial charge < -0.3 is 9.84 Å². The molecule has 5 nitrogen and oxygen atoms in total. The van der Waals surface area contributed by atoms with E-state index < -0.39 is 0 Å². The van der Waals surface area contributed by atoms with Crippen molar-refractivity contribution in [2.75, 3.05) is 7.11 Å². The van der Waals surface area contributed by atoms with E-state index in [1.165, 1.54) is 12.7 Å². The number of aromatic nitrogens is 3. The SMILES string of the molecule is COc1cc(-c2n[nH]c(-c3ccc(C)cc3)n2)ccc1O. The lowest BCUT2D eigenvalue weighted by Crippen LogP contribution is -1.86. The molecule has 5 heteroatoms. The first kappa shape index (κ1) is 13.2. The predicted molar refractivity (Wildman–Crippen MR) is 80.2 cm³/mol. The van der Waals surface area contributed by atoms with E-state index in [2.05, 4.69) is 15.2 Å². The molecule has 1 heterocycles. The Kier molecular flexibility index (Phi) is 3.31. The van der Waals surface area contributed by atoms with Crippen LogP contribution in [0, 0.1) is 6.92 Å². The summed E-state index contributed by atoms with van der Waals surface area (Å²) in [6.45, 7) is 2.04. The van der Waals surface area contributed by atoms with Crippen molar-refractivity contribution in [3.8, 4) is 34.3 Å². The van der Waals surface area contributed by atoms with Crippen LogP contribution < -0.4 is 4.74 Å². The standard InChI is InChI=1S/C16H15N3O2/c1-10-3-5-11(6-4-10)15-17-16(19-18-15)12-7-8-13(20)14(9-12)21-2/h3-9,20H,1-2H3,(H,17,18,19). The van der Waals surface area contributed by atoms with E-state index >= 15 is 0 Å². The van der Waals surface area contributed by atoms with Crippen LogP contribution in [0.15, 0.2) is 42.5 Å². The Morgan fingerprint density at radius 2 is 1.76 bits per heavy atom. The summed E-state index contributed by atoms with van der Waals surface area (Å²) in [5.74, 6) is 1.76. The Morgan fingerprint density at radius 3 is 2.48 bits per heavy atom. The average molecular weight is 281 g/mol. The smallest absolute Gasteiger partial charge is 0.181 e. The lowest BCUT2D eigenvalue weighted by molar-refractivity contribution is 0.373. The van der Waals surface area contributed by atoms with Crippen molar-refractivity contribution in [2.24, 2.45) is 0 Å². The number of ether oxygens (including phenoxy) is 1. The molecule has 21 heavy (non-hydrogen) atoms. The van der Waals surface area contributed by atoms with Crippen molar-refractivity contribution in [3.05, 3.63) is 48.0 Å². The number of nitrogens with zero attached hydrogens (tertiary/aromatic N) is 2. The highest BCUT2D eigenvalue weighted by molar-refractivity contribution is 5.64. The second-order valence-electron chi connectivity index (χ2n) is 4.76. The highest BCUT2D eigenvalue weighted by Gasteiger charge is 2.10. The highest BCUT2D eigenvalue weighted by atomic mass is 16.5. The van der Waals surface area contributed by atoms with Gasteiger partial charge in [-0.05, 0) is 25.1 Å². The summed E-state index contributed by atoms with van der Waals surface area (Å²) in [5.41, 5.74) is 2.95. The molecule has 0 bridgehead atoms. The lowest BCUT2D eigenvalue weighted by Gasteiger charge is -2.03. The lowest BCUT2D eigenvalue weighted by atomic mass is 10.1. The van der Waals surface area contributed by atoms with Crippen LogP contribution in [0.4, 0.5) is 0 Å². The predicted octanol–water partition coefficient (Wildman–Crippen LogP) is 3.16. The molecule has 0 atom stereocenters. The van der Waals surface area contributed by atoms with E-state index in [0.717, 1.165) is 11.1 Å². The molecule has 0 amide bonds. The topological polar surface area (TPSA) is 71.0 Å². The zero-order valence-corrected chi connectivity index (χ0v) is 11.8. The first-order valence-corrected chi connectivity index (χ1v) is 6.54. The van der Waals surface area contributed by atoms with Crippen LogP contribution in [0.5, 0.6) is 11.5 Å². The summed E-state index contributed by atoms with van der Waals surface area (Å²) < 4.78 is 5.10. The number of benzene rings is 2. The Balaban J connectivity index is 1.96. The largest absolute Gasteiger partial charge is 0.504 e. The van der Waals surface area contributed by atoms with Gasteiger partial charge in [-0.1, -0.05) is 29.8 Å². The molecule has 0 spiro atoms. The van der Waals surface area contributed by atoms with Gasteiger partial charge in [0, 0.05) is 11.1 Å². The maximum atomic E-state index is 9.62. The van der Waals surface area contributed by atoms with Gasteiger partial charge in [0.05, 0.1) is 7.11 Å². The number of phenols is 1. The molecule has 2 aromatic carbocycles. The van der Waals surface area contributed by atoms with E-state index in [0.29, 0.717) is 17.4 Å². The summed E-state index contributed by atoms with van der Waals surface area (Å²) >= 11 is 0. The molecule has 3 rings (SSSR count). The third-order valence-corrected chi connectivity index (χ3v) is 3.25. The van der Waals surface area contributed by atoms with Crippen LogP contribution in [-0.2, 0) is 0 Å². The third kappa shape index (κ3) is 2.58. The number of aryl methyl sites for hydroxylation is 1. The van der Waals surface area contributed by atoms with Crippen molar-refractivity contribution in [2.45, 2.75) is 6.92 Å². The second kappa shape index (κ2) is 5.28. The molecule has 0 fully saturated rings. The molecule has 0 aliphatic heterocycles. The number of rotatable bonds is 3. The summed E-state index contributed by atoms with van der Waals surface area (Å²) in [6.07, 6.45) is 0. The zero-order chi connectivity index (χ0) is 14.8. The fraction of sp³-hybridized carbons (Fsp3) is 0.125. The van der Waals surface area contributed by atoms with E-state index in [1.807, 2.05) is 31.2 Å². The molecule has 0 unspecified atom stereocenters. The molecule has 3 aromatic rings. The Morgan fingerprint density at radius 1 is 1.05 bits per heavy atom. The van der Waals surface area contributed by atoms with Crippen molar-refractivity contribution >= 4 is 0 Å². The molecule has 1 aromatic heterocycles.